The molecule has 0 bridgehead atoms. The summed E-state index contributed by atoms with van der Waals surface area (Å²) in [7, 11) is 1.31. The van der Waals surface area contributed by atoms with E-state index in [9.17, 15) is 0 Å². The second-order valence-corrected chi connectivity index (χ2v) is 4.82. The zero-order valence-electron chi connectivity index (χ0n) is 6.89. The van der Waals surface area contributed by atoms with E-state index in [1.807, 2.05) is 0 Å². The fourth-order valence-corrected chi connectivity index (χ4v) is 2.53. The van der Waals surface area contributed by atoms with E-state index < -0.39 is 0 Å². The molecule has 60 valence electrons. The summed E-state index contributed by atoms with van der Waals surface area (Å²) in [5.74, 6) is 0.731. The normalized spacial score (nSPS) is 31.6. The Morgan fingerprint density at radius 3 is 2.91 bits per heavy atom. The molecule has 0 aromatic carbocycles. The standard InChI is InChI=1S/C8H13BIN/c1-3-11-6(2)7-4-5-8(10)9-7/h3,7-9H,1,4-5H2,2H3/b11-6+/t7-,8-/m0/s1. The average molecular weight is 261 g/mol. The van der Waals surface area contributed by atoms with Gasteiger partial charge in [0.15, 0.2) is 0 Å². The maximum atomic E-state index is 4.22. The second-order valence-electron chi connectivity index (χ2n) is 3.06. The van der Waals surface area contributed by atoms with E-state index in [2.05, 4.69) is 41.1 Å². The van der Waals surface area contributed by atoms with Crippen molar-refractivity contribution in [2.45, 2.75) is 29.4 Å². The summed E-state index contributed by atoms with van der Waals surface area (Å²) in [5.41, 5.74) is 1.26. The summed E-state index contributed by atoms with van der Waals surface area (Å²) in [4.78, 5) is 4.22. The third kappa shape index (κ3) is 2.62. The van der Waals surface area contributed by atoms with E-state index in [-0.39, 0.29) is 0 Å². The van der Waals surface area contributed by atoms with Crippen LogP contribution < -0.4 is 0 Å². The average Bonchev–Trinajstić information content (AvgIpc) is 2.36. The van der Waals surface area contributed by atoms with Crippen molar-refractivity contribution in [3.63, 3.8) is 0 Å². The van der Waals surface area contributed by atoms with Gasteiger partial charge in [0.1, 0.15) is 7.28 Å². The van der Waals surface area contributed by atoms with Crippen LogP contribution in [0, 0.1) is 0 Å². The van der Waals surface area contributed by atoms with Crippen LogP contribution in [0.25, 0.3) is 0 Å². The van der Waals surface area contributed by atoms with Crippen molar-refractivity contribution in [2.24, 2.45) is 4.99 Å². The molecule has 0 N–H and O–H groups in total. The molecule has 1 aliphatic heterocycles. The largest absolute Gasteiger partial charge is 0.267 e. The fraction of sp³-hybridized carbons (Fsp3) is 0.625. The highest BCUT2D eigenvalue weighted by molar-refractivity contribution is 14.1. The first-order valence-corrected chi connectivity index (χ1v) is 5.28. The molecule has 1 heterocycles. The van der Waals surface area contributed by atoms with Gasteiger partial charge in [0.25, 0.3) is 0 Å². The molecule has 0 radical (unpaired) electrons. The molecule has 1 nitrogen and oxygen atoms in total. The molecule has 0 aromatic heterocycles. The Balaban J connectivity index is 2.49. The molecule has 11 heavy (non-hydrogen) atoms. The van der Waals surface area contributed by atoms with Crippen LogP contribution in [0.3, 0.4) is 0 Å². The Hall–Kier alpha value is 0.205. The van der Waals surface area contributed by atoms with E-state index in [0.29, 0.717) is 0 Å². The van der Waals surface area contributed by atoms with Crippen molar-refractivity contribution in [1.82, 2.24) is 0 Å². The van der Waals surface area contributed by atoms with Gasteiger partial charge >= 0.3 is 0 Å². The minimum absolute atomic E-state index is 0.731. The molecule has 3 heteroatoms. The Morgan fingerprint density at radius 2 is 2.45 bits per heavy atom. The number of halogens is 1. The summed E-state index contributed by atoms with van der Waals surface area (Å²) >= 11 is 2.53. The lowest BCUT2D eigenvalue weighted by Gasteiger charge is -2.05. The number of alkyl halides is 1. The van der Waals surface area contributed by atoms with E-state index in [1.54, 1.807) is 6.20 Å². The minimum atomic E-state index is 0.731. The molecular weight excluding hydrogens is 248 g/mol. The van der Waals surface area contributed by atoms with Crippen LogP contribution in [0.5, 0.6) is 0 Å². The van der Waals surface area contributed by atoms with E-state index in [0.717, 1.165) is 9.64 Å². The van der Waals surface area contributed by atoms with E-state index >= 15 is 0 Å². The highest BCUT2D eigenvalue weighted by atomic mass is 127. The zero-order valence-corrected chi connectivity index (χ0v) is 9.04. The first-order chi connectivity index (χ1) is 5.24. The van der Waals surface area contributed by atoms with Crippen LogP contribution in [0.2, 0.25) is 5.82 Å². The Morgan fingerprint density at radius 1 is 1.73 bits per heavy atom. The summed E-state index contributed by atoms with van der Waals surface area (Å²) in [6.45, 7) is 5.71. The van der Waals surface area contributed by atoms with Gasteiger partial charge in [-0.05, 0) is 23.0 Å². The molecule has 1 rings (SSSR count). The third-order valence-electron chi connectivity index (χ3n) is 2.25. The Kier molecular flexibility index (Phi) is 3.62. The monoisotopic (exact) mass is 261 g/mol. The predicted octanol–water partition coefficient (Wildman–Crippen LogP) is 2.37. The molecule has 1 saturated heterocycles. The van der Waals surface area contributed by atoms with Gasteiger partial charge in [0.2, 0.25) is 0 Å². The molecule has 0 spiro atoms. The fourth-order valence-electron chi connectivity index (χ4n) is 1.56. The van der Waals surface area contributed by atoms with Crippen LogP contribution in [-0.2, 0) is 0 Å². The lowest BCUT2D eigenvalue weighted by molar-refractivity contribution is 0.881. The molecule has 1 fully saturated rings. The van der Waals surface area contributed by atoms with Gasteiger partial charge in [-0.15, -0.1) is 0 Å². The van der Waals surface area contributed by atoms with Crippen molar-refractivity contribution in [1.29, 1.82) is 0 Å². The minimum Gasteiger partial charge on any atom is -0.267 e. The van der Waals surface area contributed by atoms with Gasteiger partial charge in [-0.2, -0.15) is 0 Å². The topological polar surface area (TPSA) is 12.4 Å². The number of aliphatic imine (C=N–C) groups is 1. The Labute approximate surface area is 82.7 Å². The molecular formula is C8H13BIN. The lowest BCUT2D eigenvalue weighted by Crippen LogP contribution is -2.10. The quantitative estimate of drug-likeness (QED) is 0.313. The number of nitrogens with zero attached hydrogens (tertiary/aromatic N) is 1. The molecule has 0 saturated carbocycles. The smallest absolute Gasteiger partial charge is 0.147 e. The van der Waals surface area contributed by atoms with Crippen LogP contribution in [0.15, 0.2) is 17.8 Å². The van der Waals surface area contributed by atoms with Crippen LogP contribution in [0.1, 0.15) is 19.8 Å². The van der Waals surface area contributed by atoms with Crippen molar-refractivity contribution >= 4 is 35.6 Å². The van der Waals surface area contributed by atoms with Crippen molar-refractivity contribution in [2.75, 3.05) is 0 Å². The first kappa shape index (κ1) is 9.29. The predicted molar refractivity (Wildman–Crippen MR) is 61.2 cm³/mol. The van der Waals surface area contributed by atoms with Crippen molar-refractivity contribution in [3.05, 3.63) is 12.8 Å². The second kappa shape index (κ2) is 4.29. The van der Waals surface area contributed by atoms with E-state index in [1.165, 1.54) is 25.8 Å². The van der Waals surface area contributed by atoms with Crippen LogP contribution >= 0.6 is 22.6 Å². The highest BCUT2D eigenvalue weighted by Crippen LogP contribution is 2.29. The molecule has 0 amide bonds. The number of rotatable bonds is 2. The molecule has 2 atom stereocenters. The number of hydrogen-bond donors (Lipinski definition) is 0. The van der Waals surface area contributed by atoms with Gasteiger partial charge in [0.05, 0.1) is 0 Å². The third-order valence-corrected chi connectivity index (χ3v) is 3.39. The van der Waals surface area contributed by atoms with E-state index in [4.69, 9.17) is 0 Å². The van der Waals surface area contributed by atoms with Crippen LogP contribution in [-0.4, -0.2) is 16.8 Å². The maximum Gasteiger partial charge on any atom is 0.147 e. The van der Waals surface area contributed by atoms with Crippen molar-refractivity contribution < 1.29 is 0 Å². The summed E-state index contributed by atoms with van der Waals surface area (Å²) in [6.07, 6.45) is 4.32. The highest BCUT2D eigenvalue weighted by Gasteiger charge is 2.25. The van der Waals surface area contributed by atoms with Gasteiger partial charge in [-0.1, -0.05) is 35.6 Å². The summed E-state index contributed by atoms with van der Waals surface area (Å²) in [6, 6.07) is 0. The molecule has 0 unspecified atom stereocenters. The summed E-state index contributed by atoms with van der Waals surface area (Å²) in [5, 5.41) is 0. The number of hydrogen-bond acceptors (Lipinski definition) is 1. The molecule has 0 aliphatic carbocycles. The van der Waals surface area contributed by atoms with Crippen LogP contribution in [0.4, 0.5) is 0 Å². The SMILES string of the molecule is C=C/N=C(\C)[C@H]1B[C@@H](I)CC1. The Bertz CT molecular complexity index is 179. The summed E-state index contributed by atoms with van der Waals surface area (Å²) < 4.78 is 0.868. The van der Waals surface area contributed by atoms with Crippen molar-refractivity contribution in [3.8, 4) is 0 Å². The van der Waals surface area contributed by atoms with Gasteiger partial charge < -0.3 is 0 Å². The lowest BCUT2D eigenvalue weighted by atomic mass is 9.65. The first-order valence-electron chi connectivity index (χ1n) is 4.03. The van der Waals surface area contributed by atoms with Gasteiger partial charge in [-0.3, -0.25) is 4.99 Å². The maximum absolute atomic E-state index is 4.22. The molecule has 1 aliphatic rings. The van der Waals surface area contributed by atoms with Gasteiger partial charge in [0, 0.05) is 11.9 Å². The molecule has 0 aromatic rings. The van der Waals surface area contributed by atoms with Gasteiger partial charge in [-0.25, -0.2) is 0 Å². The zero-order chi connectivity index (χ0) is 8.27.